The molecule has 0 rings (SSSR count). The van der Waals surface area contributed by atoms with Crippen LogP contribution in [-0.4, -0.2) is 27.9 Å². The van der Waals surface area contributed by atoms with Crippen molar-refractivity contribution in [3.05, 3.63) is 0 Å². The summed E-state index contributed by atoms with van der Waals surface area (Å²) >= 11 is 0. The lowest BCUT2D eigenvalue weighted by atomic mass is 10.9. The van der Waals surface area contributed by atoms with Crippen LogP contribution in [0.1, 0.15) is 6.92 Å². The highest BCUT2D eigenvalue weighted by atomic mass is 28.1. The van der Waals surface area contributed by atoms with Crippen LogP contribution in [0.3, 0.4) is 0 Å². The standard InChI is InChI=1S/C3H10O2Si/c1-2-5-3(4)6/h3-4H,2H2,1,6H3. The zero-order chi connectivity index (χ0) is 4.99. The molecule has 0 saturated heterocycles. The molecule has 1 N–H and O–H groups in total. The van der Waals surface area contributed by atoms with Crippen molar-refractivity contribution in [3.63, 3.8) is 0 Å². The Labute approximate surface area is 40.5 Å². The average Bonchev–Trinajstić information content (AvgIpc) is 1.35. The highest BCUT2D eigenvalue weighted by Crippen LogP contribution is 1.73. The number of hydrogen-bond donors (Lipinski definition) is 1. The number of ether oxygens (including phenoxy) is 1. The fraction of sp³-hybridized carbons (Fsp3) is 1.00. The van der Waals surface area contributed by atoms with E-state index < -0.39 is 5.91 Å². The Balaban J connectivity index is 2.63. The number of rotatable bonds is 2. The maximum absolute atomic E-state index is 8.39. The molecule has 0 aliphatic rings. The second-order valence-corrected chi connectivity index (χ2v) is 2.04. The molecule has 0 aromatic carbocycles. The Hall–Kier alpha value is 0.137. The summed E-state index contributed by atoms with van der Waals surface area (Å²) in [7, 11) is 0.712. The fourth-order valence-electron chi connectivity index (χ4n) is 0.241. The van der Waals surface area contributed by atoms with E-state index in [4.69, 9.17) is 5.11 Å². The summed E-state index contributed by atoms with van der Waals surface area (Å²) in [6.07, 6.45) is 0. The molecule has 6 heavy (non-hydrogen) atoms. The summed E-state index contributed by atoms with van der Waals surface area (Å²) in [6, 6.07) is 0. The largest absolute Gasteiger partial charge is 0.373 e. The third-order valence-electron chi connectivity index (χ3n) is 0.408. The van der Waals surface area contributed by atoms with E-state index in [-0.39, 0.29) is 0 Å². The molecule has 3 heteroatoms. The van der Waals surface area contributed by atoms with E-state index in [1.165, 1.54) is 0 Å². The van der Waals surface area contributed by atoms with Crippen molar-refractivity contribution >= 4 is 10.2 Å². The summed E-state index contributed by atoms with van der Waals surface area (Å²) in [5.41, 5.74) is 0. The van der Waals surface area contributed by atoms with Crippen LogP contribution in [0.25, 0.3) is 0 Å². The van der Waals surface area contributed by atoms with Gasteiger partial charge in [-0.2, -0.15) is 0 Å². The maximum Gasteiger partial charge on any atom is 0.128 e. The fourth-order valence-corrected chi connectivity index (χ4v) is 0.575. The van der Waals surface area contributed by atoms with Crippen LogP contribution in [0.2, 0.25) is 0 Å². The molecule has 0 aliphatic carbocycles. The Kier molecular flexibility index (Phi) is 3.41. The lowest BCUT2D eigenvalue weighted by Gasteiger charge is -1.99. The summed E-state index contributed by atoms with van der Waals surface area (Å²) in [4.78, 5) is 0. The zero-order valence-electron chi connectivity index (χ0n) is 4.14. The van der Waals surface area contributed by atoms with Crippen LogP contribution in [0.4, 0.5) is 0 Å². The van der Waals surface area contributed by atoms with E-state index in [0.717, 1.165) is 0 Å². The average molecular weight is 106 g/mol. The molecule has 2 nitrogen and oxygen atoms in total. The molecular formula is C3H10O2Si. The first-order chi connectivity index (χ1) is 2.77. The molecular weight excluding hydrogens is 96.1 g/mol. The van der Waals surface area contributed by atoms with Gasteiger partial charge in [0.2, 0.25) is 0 Å². The smallest absolute Gasteiger partial charge is 0.128 e. The monoisotopic (exact) mass is 106 g/mol. The van der Waals surface area contributed by atoms with Gasteiger partial charge in [0, 0.05) is 6.61 Å². The molecule has 0 aromatic heterocycles. The van der Waals surface area contributed by atoms with Gasteiger partial charge in [0.25, 0.3) is 0 Å². The Bertz CT molecular complexity index is 30.0. The van der Waals surface area contributed by atoms with Crippen molar-refractivity contribution in [1.29, 1.82) is 0 Å². The van der Waals surface area contributed by atoms with Crippen LogP contribution < -0.4 is 0 Å². The van der Waals surface area contributed by atoms with E-state index in [0.29, 0.717) is 16.8 Å². The predicted octanol–water partition coefficient (Wildman–Crippen LogP) is -1.34. The summed E-state index contributed by atoms with van der Waals surface area (Å²) < 4.78 is 4.66. The maximum atomic E-state index is 8.39. The first-order valence-corrected chi connectivity index (χ1v) is 3.22. The first kappa shape index (κ1) is 6.14. The van der Waals surface area contributed by atoms with E-state index in [2.05, 4.69) is 4.74 Å². The summed E-state index contributed by atoms with van der Waals surface area (Å²) in [5, 5.41) is 8.39. The minimum Gasteiger partial charge on any atom is -0.373 e. The lowest BCUT2D eigenvalue weighted by Crippen LogP contribution is -2.09. The second-order valence-electron chi connectivity index (χ2n) is 1.05. The van der Waals surface area contributed by atoms with Gasteiger partial charge < -0.3 is 9.84 Å². The number of hydrogen-bond acceptors (Lipinski definition) is 2. The van der Waals surface area contributed by atoms with Gasteiger partial charge in [0.15, 0.2) is 0 Å². The van der Waals surface area contributed by atoms with Gasteiger partial charge in [0.1, 0.15) is 5.91 Å². The molecule has 0 radical (unpaired) electrons. The van der Waals surface area contributed by atoms with Gasteiger partial charge >= 0.3 is 0 Å². The minimum atomic E-state index is -0.463. The molecule has 0 aliphatic heterocycles. The topological polar surface area (TPSA) is 29.5 Å². The molecule has 0 bridgehead atoms. The van der Waals surface area contributed by atoms with Crippen LogP contribution >= 0.6 is 0 Å². The molecule has 0 spiro atoms. The third kappa shape index (κ3) is 4.14. The Morgan fingerprint density at radius 1 is 2.00 bits per heavy atom. The van der Waals surface area contributed by atoms with Crippen molar-refractivity contribution in [1.82, 2.24) is 0 Å². The van der Waals surface area contributed by atoms with Crippen molar-refractivity contribution in [2.45, 2.75) is 12.8 Å². The van der Waals surface area contributed by atoms with Gasteiger partial charge in [-0.05, 0) is 6.92 Å². The summed E-state index contributed by atoms with van der Waals surface area (Å²) in [6.45, 7) is 2.48. The normalized spacial score (nSPS) is 15.0. The first-order valence-electron chi connectivity index (χ1n) is 2.07. The zero-order valence-corrected chi connectivity index (χ0v) is 6.14. The van der Waals surface area contributed by atoms with Gasteiger partial charge in [-0.15, -0.1) is 0 Å². The van der Waals surface area contributed by atoms with Gasteiger partial charge in [-0.25, -0.2) is 0 Å². The number of aliphatic hydroxyl groups excluding tert-OH is 1. The molecule has 38 valence electrons. The molecule has 0 saturated carbocycles. The quantitative estimate of drug-likeness (QED) is 0.349. The highest BCUT2D eigenvalue weighted by molar-refractivity contribution is 6.09. The van der Waals surface area contributed by atoms with Crippen LogP contribution in [-0.2, 0) is 4.74 Å². The SMILES string of the molecule is CCOC(O)[SiH3]. The highest BCUT2D eigenvalue weighted by Gasteiger charge is 1.85. The van der Waals surface area contributed by atoms with Crippen LogP contribution in [0, 0.1) is 0 Å². The molecule has 0 aromatic rings. The van der Waals surface area contributed by atoms with Crippen molar-refractivity contribution in [3.8, 4) is 0 Å². The molecule has 1 atom stereocenters. The predicted molar refractivity (Wildman–Crippen MR) is 27.6 cm³/mol. The van der Waals surface area contributed by atoms with Crippen LogP contribution in [0.5, 0.6) is 0 Å². The third-order valence-corrected chi connectivity index (χ3v) is 0.741. The van der Waals surface area contributed by atoms with E-state index in [1.54, 1.807) is 0 Å². The lowest BCUT2D eigenvalue weighted by molar-refractivity contribution is -0.0330. The van der Waals surface area contributed by atoms with E-state index >= 15 is 0 Å². The minimum absolute atomic E-state index is 0.463. The van der Waals surface area contributed by atoms with E-state index in [1.807, 2.05) is 6.92 Å². The van der Waals surface area contributed by atoms with Crippen molar-refractivity contribution in [2.75, 3.05) is 6.61 Å². The van der Waals surface area contributed by atoms with Crippen molar-refractivity contribution in [2.24, 2.45) is 0 Å². The van der Waals surface area contributed by atoms with Crippen LogP contribution in [0.15, 0.2) is 0 Å². The van der Waals surface area contributed by atoms with Gasteiger partial charge in [0.05, 0.1) is 10.2 Å². The van der Waals surface area contributed by atoms with Crippen molar-refractivity contribution < 1.29 is 9.84 Å². The molecule has 0 heterocycles. The van der Waals surface area contributed by atoms with Gasteiger partial charge in [-0.1, -0.05) is 0 Å². The summed E-state index contributed by atoms with van der Waals surface area (Å²) in [5.74, 6) is -0.463. The second kappa shape index (κ2) is 3.33. The van der Waals surface area contributed by atoms with Gasteiger partial charge in [-0.3, -0.25) is 0 Å². The molecule has 0 amide bonds. The number of aliphatic hydroxyl groups is 1. The molecule has 0 fully saturated rings. The Morgan fingerprint density at radius 3 is 2.50 bits per heavy atom. The van der Waals surface area contributed by atoms with E-state index in [9.17, 15) is 0 Å². The molecule has 1 unspecified atom stereocenters. The Morgan fingerprint density at radius 2 is 2.50 bits per heavy atom.